The number of nitrogens with zero attached hydrogens (tertiary/aromatic N) is 2. The molecule has 122 valence electrons. The Hall–Kier alpha value is -1.82. The number of benzene rings is 2. The summed E-state index contributed by atoms with van der Waals surface area (Å²) in [7, 11) is 0. The quantitative estimate of drug-likeness (QED) is 0.745. The molecule has 3 atom stereocenters. The van der Waals surface area contributed by atoms with Gasteiger partial charge in [-0.15, -0.1) is 11.6 Å². The van der Waals surface area contributed by atoms with E-state index < -0.39 is 0 Å². The third-order valence-corrected chi connectivity index (χ3v) is 6.14. The number of piperidine rings is 1. The first-order chi connectivity index (χ1) is 11.7. The molecular formula is C21H21ClN2. The van der Waals surface area contributed by atoms with Crippen molar-refractivity contribution in [3.63, 3.8) is 0 Å². The van der Waals surface area contributed by atoms with E-state index in [1.807, 2.05) is 12.1 Å². The van der Waals surface area contributed by atoms with E-state index in [-0.39, 0.29) is 5.38 Å². The van der Waals surface area contributed by atoms with Gasteiger partial charge in [0.1, 0.15) is 0 Å². The van der Waals surface area contributed by atoms with Gasteiger partial charge in [0.2, 0.25) is 0 Å². The van der Waals surface area contributed by atoms with Crippen LogP contribution in [0.2, 0.25) is 0 Å². The molecule has 0 spiro atoms. The van der Waals surface area contributed by atoms with Gasteiger partial charge in [0.15, 0.2) is 0 Å². The molecule has 2 nitrogen and oxygen atoms in total. The first-order valence-corrected chi connectivity index (χ1v) is 9.13. The molecule has 0 aromatic heterocycles. The number of rotatable bonds is 2. The Bertz CT molecular complexity index is 762. The minimum Gasteiger partial charge on any atom is -0.295 e. The Kier molecular flexibility index (Phi) is 4.31. The fourth-order valence-corrected chi connectivity index (χ4v) is 4.63. The molecule has 1 unspecified atom stereocenters. The largest absolute Gasteiger partial charge is 0.295 e. The number of halogens is 1. The number of hydrogen-bond donors (Lipinski definition) is 0. The van der Waals surface area contributed by atoms with Gasteiger partial charge in [0, 0.05) is 19.1 Å². The zero-order chi connectivity index (χ0) is 16.5. The first kappa shape index (κ1) is 15.7. The maximum Gasteiger partial charge on any atom is 0.0991 e. The number of nitriles is 1. The molecule has 2 aromatic carbocycles. The lowest BCUT2D eigenvalue weighted by Crippen LogP contribution is -2.46. The normalized spacial score (nSPS) is 26.2. The smallest absolute Gasteiger partial charge is 0.0991 e. The van der Waals surface area contributed by atoms with Gasteiger partial charge in [-0.3, -0.25) is 4.90 Å². The lowest BCUT2D eigenvalue weighted by Gasteiger charge is -2.44. The molecular weight excluding hydrogens is 316 g/mol. The zero-order valence-corrected chi connectivity index (χ0v) is 14.4. The van der Waals surface area contributed by atoms with E-state index in [1.54, 1.807) is 0 Å². The molecule has 1 aliphatic carbocycles. The molecule has 2 bridgehead atoms. The molecule has 2 aromatic rings. The van der Waals surface area contributed by atoms with Crippen LogP contribution in [0.4, 0.5) is 0 Å². The van der Waals surface area contributed by atoms with Crippen molar-refractivity contribution in [3.05, 3.63) is 70.8 Å². The summed E-state index contributed by atoms with van der Waals surface area (Å²) < 4.78 is 0. The molecule has 2 aliphatic heterocycles. The van der Waals surface area contributed by atoms with Gasteiger partial charge >= 0.3 is 0 Å². The number of hydrogen-bond acceptors (Lipinski definition) is 2. The highest BCUT2D eigenvalue weighted by Gasteiger charge is 2.36. The van der Waals surface area contributed by atoms with E-state index in [1.165, 1.54) is 29.5 Å². The maximum absolute atomic E-state index is 8.95. The van der Waals surface area contributed by atoms with E-state index >= 15 is 0 Å². The molecule has 1 saturated heterocycles. The summed E-state index contributed by atoms with van der Waals surface area (Å²) in [6, 6.07) is 19.4. The van der Waals surface area contributed by atoms with Crippen LogP contribution in [0.25, 0.3) is 0 Å². The predicted molar refractivity (Wildman–Crippen MR) is 96.8 cm³/mol. The van der Waals surface area contributed by atoms with E-state index in [2.05, 4.69) is 47.4 Å². The third-order valence-electron chi connectivity index (χ3n) is 5.55. The van der Waals surface area contributed by atoms with Crippen molar-refractivity contribution in [2.45, 2.75) is 37.2 Å². The maximum atomic E-state index is 8.95. The summed E-state index contributed by atoms with van der Waals surface area (Å²) in [6.45, 7) is 2.01. The fourth-order valence-electron chi connectivity index (χ4n) is 4.21. The lowest BCUT2D eigenvalue weighted by atomic mass is 9.79. The Balaban J connectivity index is 1.59. The third kappa shape index (κ3) is 2.95. The average Bonchev–Trinajstić information content (AvgIpc) is 2.62. The zero-order valence-electron chi connectivity index (χ0n) is 13.7. The molecule has 2 heterocycles. The lowest BCUT2D eigenvalue weighted by molar-refractivity contribution is 0.0916. The second-order valence-corrected chi connectivity index (χ2v) is 7.50. The van der Waals surface area contributed by atoms with Crippen LogP contribution in [0.15, 0.2) is 48.5 Å². The second-order valence-electron chi connectivity index (χ2n) is 7.03. The number of alkyl halides is 1. The van der Waals surface area contributed by atoms with Gasteiger partial charge in [-0.25, -0.2) is 0 Å². The van der Waals surface area contributed by atoms with Crippen molar-refractivity contribution in [1.29, 1.82) is 5.26 Å². The summed E-state index contributed by atoms with van der Waals surface area (Å²) in [5.74, 6) is 0.516. The molecule has 0 saturated carbocycles. The summed E-state index contributed by atoms with van der Waals surface area (Å²) in [5.41, 5.74) is 4.76. The van der Waals surface area contributed by atoms with Crippen LogP contribution < -0.4 is 0 Å². The van der Waals surface area contributed by atoms with Crippen molar-refractivity contribution in [2.24, 2.45) is 5.92 Å². The Labute approximate surface area is 148 Å². The van der Waals surface area contributed by atoms with E-state index in [0.29, 0.717) is 12.0 Å². The van der Waals surface area contributed by atoms with Gasteiger partial charge in [-0.2, -0.15) is 5.26 Å². The average molecular weight is 337 g/mol. The van der Waals surface area contributed by atoms with Gasteiger partial charge < -0.3 is 0 Å². The molecule has 3 heteroatoms. The summed E-state index contributed by atoms with van der Waals surface area (Å²) in [4.78, 5) is 2.60. The molecule has 0 amide bonds. The Morgan fingerprint density at radius 3 is 2.67 bits per heavy atom. The van der Waals surface area contributed by atoms with Crippen molar-refractivity contribution in [3.8, 4) is 6.07 Å². The van der Waals surface area contributed by atoms with Crippen LogP contribution in [0.1, 0.15) is 40.5 Å². The SMILES string of the molecule is N#Cc1ccc(CN2C[C@H]3CC[C@H]2Cc2ccccc2C3Cl)cc1. The molecule has 3 aliphatic rings. The fraction of sp³-hybridized carbons (Fsp3) is 0.381. The number of fused-ring (bicyclic) bond motifs is 2. The van der Waals surface area contributed by atoms with Crippen molar-refractivity contribution < 1.29 is 0 Å². The van der Waals surface area contributed by atoms with Crippen LogP contribution in [-0.4, -0.2) is 17.5 Å². The minimum absolute atomic E-state index is 0.117. The summed E-state index contributed by atoms with van der Waals surface area (Å²) >= 11 is 6.86. The predicted octanol–water partition coefficient (Wildman–Crippen LogP) is 4.68. The molecule has 0 radical (unpaired) electrons. The van der Waals surface area contributed by atoms with Crippen molar-refractivity contribution in [2.75, 3.05) is 6.54 Å². The van der Waals surface area contributed by atoms with Crippen LogP contribution in [0, 0.1) is 17.2 Å². The summed E-state index contributed by atoms with van der Waals surface area (Å²) in [5, 5.41) is 9.07. The van der Waals surface area contributed by atoms with E-state index in [0.717, 1.165) is 25.1 Å². The highest BCUT2D eigenvalue weighted by molar-refractivity contribution is 6.21. The van der Waals surface area contributed by atoms with Crippen LogP contribution in [0.3, 0.4) is 0 Å². The van der Waals surface area contributed by atoms with Gasteiger partial charge in [-0.1, -0.05) is 36.4 Å². The van der Waals surface area contributed by atoms with E-state index in [9.17, 15) is 0 Å². The highest BCUT2D eigenvalue weighted by atomic mass is 35.5. The van der Waals surface area contributed by atoms with Crippen LogP contribution in [0.5, 0.6) is 0 Å². The molecule has 0 N–H and O–H groups in total. The Morgan fingerprint density at radius 1 is 1.08 bits per heavy atom. The van der Waals surface area contributed by atoms with Gasteiger partial charge in [0.25, 0.3) is 0 Å². The van der Waals surface area contributed by atoms with Gasteiger partial charge in [0.05, 0.1) is 17.0 Å². The van der Waals surface area contributed by atoms with Crippen LogP contribution in [-0.2, 0) is 13.0 Å². The first-order valence-electron chi connectivity index (χ1n) is 8.69. The standard InChI is InChI=1S/C21H21ClN2/c22-21-18-9-10-19(11-17-3-1-2-4-20(17)21)24(14-18)13-16-7-5-15(12-23)6-8-16/h1-8,18-19,21H,9-11,13-14H2/t18-,19+,21?/m1/s1. The van der Waals surface area contributed by atoms with Crippen molar-refractivity contribution in [1.82, 2.24) is 4.90 Å². The Morgan fingerprint density at radius 2 is 1.88 bits per heavy atom. The van der Waals surface area contributed by atoms with Gasteiger partial charge in [-0.05, 0) is 54.0 Å². The molecule has 5 rings (SSSR count). The molecule has 24 heavy (non-hydrogen) atoms. The molecule has 1 fully saturated rings. The summed E-state index contributed by atoms with van der Waals surface area (Å²) in [6.07, 6.45) is 3.53. The topological polar surface area (TPSA) is 27.0 Å². The van der Waals surface area contributed by atoms with Crippen molar-refractivity contribution >= 4 is 11.6 Å². The van der Waals surface area contributed by atoms with E-state index in [4.69, 9.17) is 16.9 Å². The minimum atomic E-state index is 0.117. The monoisotopic (exact) mass is 336 g/mol. The highest BCUT2D eigenvalue weighted by Crippen LogP contribution is 2.42. The van der Waals surface area contributed by atoms with Crippen LogP contribution >= 0.6 is 11.6 Å². The second kappa shape index (κ2) is 6.59.